The fourth-order valence-corrected chi connectivity index (χ4v) is 1.76. The second-order valence-corrected chi connectivity index (χ2v) is 4.17. The molecule has 98 valence electrons. The Morgan fingerprint density at radius 2 is 1.95 bits per heavy atom. The minimum atomic E-state index is -0.538. The molecule has 0 aliphatic carbocycles. The minimum Gasteiger partial charge on any atom is -0.378 e. The van der Waals surface area contributed by atoms with Crippen LogP contribution in [0.5, 0.6) is 0 Å². The molecule has 2 N–H and O–H groups in total. The molecule has 6 heteroatoms. The molecule has 0 fully saturated rings. The maximum atomic E-state index is 10.7. The van der Waals surface area contributed by atoms with Crippen molar-refractivity contribution in [1.29, 1.82) is 0 Å². The van der Waals surface area contributed by atoms with Crippen molar-refractivity contribution in [3.8, 4) is 0 Å². The molecular formula is C13H14N4O2. The molecule has 1 aromatic carbocycles. The number of anilines is 2. The molecule has 0 aliphatic heterocycles. The molecule has 0 bridgehead atoms. The lowest BCUT2D eigenvalue weighted by Crippen LogP contribution is -2.18. The Bertz CT molecular complexity index is 586. The van der Waals surface area contributed by atoms with Crippen LogP contribution in [0.2, 0.25) is 0 Å². The molecule has 0 unspecified atom stereocenters. The third-order valence-electron chi connectivity index (χ3n) is 2.74. The molecule has 0 atom stereocenters. The highest BCUT2D eigenvalue weighted by Gasteiger charge is 2.14. The predicted molar refractivity (Wildman–Crippen MR) is 73.9 cm³/mol. The molecule has 0 spiro atoms. The SMILES string of the molecule is CN(Cc1ccccc1)c1ccc([N+](=O)[O-])c(N)n1. The highest BCUT2D eigenvalue weighted by molar-refractivity contribution is 5.57. The summed E-state index contributed by atoms with van der Waals surface area (Å²) in [5.41, 5.74) is 6.53. The summed E-state index contributed by atoms with van der Waals surface area (Å²) in [7, 11) is 1.86. The van der Waals surface area contributed by atoms with Crippen molar-refractivity contribution in [3.05, 3.63) is 58.1 Å². The third-order valence-corrected chi connectivity index (χ3v) is 2.74. The van der Waals surface area contributed by atoms with Gasteiger partial charge >= 0.3 is 5.69 Å². The Balaban J connectivity index is 2.18. The quantitative estimate of drug-likeness (QED) is 0.671. The molecule has 1 heterocycles. The Morgan fingerprint density at radius 3 is 2.53 bits per heavy atom. The lowest BCUT2D eigenvalue weighted by atomic mass is 10.2. The van der Waals surface area contributed by atoms with Crippen LogP contribution in [0.15, 0.2) is 42.5 Å². The first-order chi connectivity index (χ1) is 9.08. The van der Waals surface area contributed by atoms with Crippen molar-refractivity contribution in [3.63, 3.8) is 0 Å². The summed E-state index contributed by atoms with van der Waals surface area (Å²) in [6, 6.07) is 12.8. The van der Waals surface area contributed by atoms with Crippen molar-refractivity contribution in [1.82, 2.24) is 4.98 Å². The number of hydrogen-bond acceptors (Lipinski definition) is 5. The van der Waals surface area contributed by atoms with E-state index in [-0.39, 0.29) is 11.5 Å². The van der Waals surface area contributed by atoms with E-state index >= 15 is 0 Å². The maximum Gasteiger partial charge on any atom is 0.311 e. The molecule has 6 nitrogen and oxygen atoms in total. The first kappa shape index (κ1) is 12.8. The standard InChI is InChI=1S/C13H14N4O2/c1-16(9-10-5-3-2-4-6-10)12-8-7-11(17(18)19)13(14)15-12/h2-8H,9H2,1H3,(H2,14,15). The molecule has 1 aromatic heterocycles. The van der Waals surface area contributed by atoms with E-state index < -0.39 is 4.92 Å². The van der Waals surface area contributed by atoms with Gasteiger partial charge in [0.15, 0.2) is 0 Å². The van der Waals surface area contributed by atoms with Crippen molar-refractivity contribution < 1.29 is 4.92 Å². The number of nitrogens with two attached hydrogens (primary N) is 1. The molecule has 0 saturated carbocycles. The maximum absolute atomic E-state index is 10.7. The normalized spacial score (nSPS) is 10.2. The van der Waals surface area contributed by atoms with Gasteiger partial charge in [-0.25, -0.2) is 4.98 Å². The monoisotopic (exact) mass is 258 g/mol. The fraction of sp³-hybridized carbons (Fsp3) is 0.154. The summed E-state index contributed by atoms with van der Waals surface area (Å²) in [5, 5.41) is 10.7. The van der Waals surface area contributed by atoms with Crippen LogP contribution in [0.25, 0.3) is 0 Å². The highest BCUT2D eigenvalue weighted by Crippen LogP contribution is 2.23. The van der Waals surface area contributed by atoms with Gasteiger partial charge in [0.05, 0.1) is 4.92 Å². The summed E-state index contributed by atoms with van der Waals surface area (Å²) in [6.07, 6.45) is 0. The molecule has 2 rings (SSSR count). The summed E-state index contributed by atoms with van der Waals surface area (Å²) in [6.45, 7) is 0.658. The highest BCUT2D eigenvalue weighted by atomic mass is 16.6. The Labute approximate surface area is 110 Å². The number of rotatable bonds is 4. The average Bonchev–Trinajstić information content (AvgIpc) is 2.39. The van der Waals surface area contributed by atoms with Crippen LogP contribution in [0.4, 0.5) is 17.3 Å². The molecule has 0 saturated heterocycles. The zero-order chi connectivity index (χ0) is 13.8. The largest absolute Gasteiger partial charge is 0.378 e. The van der Waals surface area contributed by atoms with Crippen LogP contribution in [0.1, 0.15) is 5.56 Å². The van der Waals surface area contributed by atoms with Crippen LogP contribution in [-0.2, 0) is 6.54 Å². The zero-order valence-corrected chi connectivity index (χ0v) is 10.5. The van der Waals surface area contributed by atoms with E-state index in [4.69, 9.17) is 5.73 Å². The zero-order valence-electron chi connectivity index (χ0n) is 10.5. The van der Waals surface area contributed by atoms with E-state index in [1.807, 2.05) is 42.3 Å². The molecule has 19 heavy (non-hydrogen) atoms. The lowest BCUT2D eigenvalue weighted by molar-refractivity contribution is -0.384. The minimum absolute atomic E-state index is 0.0672. The third kappa shape index (κ3) is 2.98. The van der Waals surface area contributed by atoms with Gasteiger partial charge in [0.25, 0.3) is 0 Å². The van der Waals surface area contributed by atoms with Gasteiger partial charge in [-0.15, -0.1) is 0 Å². The van der Waals surface area contributed by atoms with E-state index in [0.717, 1.165) is 5.56 Å². The molecule has 2 aromatic rings. The molecule has 0 aliphatic rings. The van der Waals surface area contributed by atoms with Crippen LogP contribution in [-0.4, -0.2) is 17.0 Å². The van der Waals surface area contributed by atoms with Gasteiger partial charge in [-0.05, 0) is 11.6 Å². The summed E-state index contributed by atoms with van der Waals surface area (Å²) in [5.74, 6) is 0.536. The number of aromatic nitrogens is 1. The van der Waals surface area contributed by atoms with Crippen LogP contribution >= 0.6 is 0 Å². The fourth-order valence-electron chi connectivity index (χ4n) is 1.76. The second kappa shape index (κ2) is 5.34. The van der Waals surface area contributed by atoms with E-state index in [0.29, 0.717) is 12.4 Å². The number of hydrogen-bond donors (Lipinski definition) is 1. The first-order valence-corrected chi connectivity index (χ1v) is 5.74. The van der Waals surface area contributed by atoms with Crippen LogP contribution in [0.3, 0.4) is 0 Å². The summed E-state index contributed by atoms with van der Waals surface area (Å²) >= 11 is 0. The van der Waals surface area contributed by atoms with Gasteiger partial charge in [0, 0.05) is 19.7 Å². The van der Waals surface area contributed by atoms with E-state index in [1.54, 1.807) is 6.07 Å². The number of nitro groups is 1. The number of benzene rings is 1. The van der Waals surface area contributed by atoms with Gasteiger partial charge in [0.1, 0.15) is 5.82 Å². The topological polar surface area (TPSA) is 85.3 Å². The Morgan fingerprint density at radius 1 is 1.26 bits per heavy atom. The lowest BCUT2D eigenvalue weighted by Gasteiger charge is -2.18. The van der Waals surface area contributed by atoms with Gasteiger partial charge in [-0.2, -0.15) is 0 Å². The van der Waals surface area contributed by atoms with Crippen molar-refractivity contribution in [2.45, 2.75) is 6.54 Å². The number of nitrogens with zero attached hydrogens (tertiary/aromatic N) is 3. The van der Waals surface area contributed by atoms with Gasteiger partial charge in [0.2, 0.25) is 5.82 Å². The van der Waals surface area contributed by atoms with Gasteiger partial charge in [-0.1, -0.05) is 30.3 Å². The predicted octanol–water partition coefficient (Wildman–Crippen LogP) is 2.21. The van der Waals surface area contributed by atoms with Crippen molar-refractivity contribution >= 4 is 17.3 Å². The van der Waals surface area contributed by atoms with E-state index in [2.05, 4.69) is 4.98 Å². The Hall–Kier alpha value is -2.63. The second-order valence-electron chi connectivity index (χ2n) is 4.17. The average molecular weight is 258 g/mol. The number of pyridine rings is 1. The van der Waals surface area contributed by atoms with Crippen molar-refractivity contribution in [2.75, 3.05) is 17.7 Å². The summed E-state index contributed by atoms with van der Waals surface area (Å²) < 4.78 is 0. The van der Waals surface area contributed by atoms with Crippen molar-refractivity contribution in [2.24, 2.45) is 0 Å². The van der Waals surface area contributed by atoms with E-state index in [9.17, 15) is 10.1 Å². The summed E-state index contributed by atoms with van der Waals surface area (Å²) in [4.78, 5) is 16.1. The first-order valence-electron chi connectivity index (χ1n) is 5.74. The molecular weight excluding hydrogens is 244 g/mol. The van der Waals surface area contributed by atoms with Gasteiger partial charge in [-0.3, -0.25) is 10.1 Å². The van der Waals surface area contributed by atoms with E-state index in [1.165, 1.54) is 6.07 Å². The van der Waals surface area contributed by atoms with Crippen LogP contribution in [0, 0.1) is 10.1 Å². The Kier molecular flexibility index (Phi) is 3.61. The smallest absolute Gasteiger partial charge is 0.311 e. The number of nitrogen functional groups attached to an aromatic ring is 1. The molecule has 0 radical (unpaired) electrons. The van der Waals surface area contributed by atoms with Gasteiger partial charge < -0.3 is 10.6 Å². The molecule has 0 amide bonds. The van der Waals surface area contributed by atoms with Crippen LogP contribution < -0.4 is 10.6 Å².